The Balaban J connectivity index is 1.39. The van der Waals surface area contributed by atoms with Gasteiger partial charge in [0.05, 0.1) is 6.10 Å². The van der Waals surface area contributed by atoms with Crippen LogP contribution in [0.25, 0.3) is 10.1 Å². The van der Waals surface area contributed by atoms with Crippen molar-refractivity contribution >= 4 is 27.3 Å². The molecule has 0 fully saturated rings. The van der Waals surface area contributed by atoms with Crippen LogP contribution in [0, 0.1) is 0 Å². The van der Waals surface area contributed by atoms with Crippen LogP contribution < -0.4 is 14.8 Å². The lowest BCUT2D eigenvalue weighted by atomic mass is 10.1. The highest BCUT2D eigenvalue weighted by Crippen LogP contribution is 2.31. The molecule has 5 nitrogen and oxygen atoms in total. The number of hydrogen-bond donors (Lipinski definition) is 2. The summed E-state index contributed by atoms with van der Waals surface area (Å²) < 4.78 is 12.3. The van der Waals surface area contributed by atoms with Crippen LogP contribution in [0.2, 0.25) is 0 Å². The van der Waals surface area contributed by atoms with Crippen LogP contribution in [-0.2, 0) is 4.79 Å². The van der Waals surface area contributed by atoms with Gasteiger partial charge in [-0.15, -0.1) is 11.3 Å². The summed E-state index contributed by atoms with van der Waals surface area (Å²) in [7, 11) is 0. The first-order chi connectivity index (χ1) is 12.2. The summed E-state index contributed by atoms with van der Waals surface area (Å²) in [6, 6.07) is 15.1. The smallest absolute Gasteiger partial charge is 0.264 e. The third-order valence-corrected chi connectivity index (χ3v) is 5.12. The van der Waals surface area contributed by atoms with Crippen LogP contribution in [-0.4, -0.2) is 30.3 Å². The normalized spacial score (nSPS) is 17.2. The molecule has 4 rings (SSSR count). The Bertz CT molecular complexity index is 907. The number of fused-ring (bicyclic) bond motifs is 2. The van der Waals surface area contributed by atoms with Crippen LogP contribution in [0.1, 0.15) is 11.7 Å². The maximum atomic E-state index is 12.3. The molecule has 2 N–H and O–H groups in total. The molecule has 2 aromatic carbocycles. The second kappa shape index (κ2) is 6.74. The van der Waals surface area contributed by atoms with Gasteiger partial charge >= 0.3 is 0 Å². The van der Waals surface area contributed by atoms with Gasteiger partial charge in [-0.05, 0) is 29.0 Å². The van der Waals surface area contributed by atoms with E-state index in [1.807, 2.05) is 41.8 Å². The molecule has 1 amide bonds. The molecule has 3 aromatic rings. The number of carbonyl (C=O) groups excluding carboxylic acids is 1. The number of ether oxygens (including phenoxy) is 2. The van der Waals surface area contributed by atoms with Crippen molar-refractivity contribution in [3.8, 4) is 11.5 Å². The Morgan fingerprint density at radius 1 is 1.20 bits per heavy atom. The molecule has 0 bridgehead atoms. The van der Waals surface area contributed by atoms with Gasteiger partial charge in [0.25, 0.3) is 5.91 Å². The first-order valence-electron chi connectivity index (χ1n) is 8.03. The molecule has 2 heterocycles. The number of aliphatic hydroxyl groups excluding tert-OH is 1. The fourth-order valence-electron chi connectivity index (χ4n) is 2.83. The first kappa shape index (κ1) is 15.9. The summed E-state index contributed by atoms with van der Waals surface area (Å²) in [5.41, 5.74) is 0.826. The molecular weight excluding hydrogens is 338 g/mol. The second-order valence-electron chi connectivity index (χ2n) is 5.81. The van der Waals surface area contributed by atoms with E-state index in [0.29, 0.717) is 11.5 Å². The number of para-hydroxylation sites is 2. The number of nitrogens with one attached hydrogen (secondary N) is 1. The Hall–Kier alpha value is -2.57. The van der Waals surface area contributed by atoms with Crippen molar-refractivity contribution in [1.82, 2.24) is 5.32 Å². The molecule has 128 valence electrons. The highest BCUT2D eigenvalue weighted by Gasteiger charge is 2.27. The molecule has 0 spiro atoms. The molecule has 0 unspecified atom stereocenters. The van der Waals surface area contributed by atoms with Crippen LogP contribution in [0.5, 0.6) is 11.5 Å². The maximum Gasteiger partial charge on any atom is 0.264 e. The molecule has 0 saturated heterocycles. The predicted octanol–water partition coefficient (Wildman–Crippen LogP) is 2.89. The van der Waals surface area contributed by atoms with Crippen molar-refractivity contribution in [2.75, 3.05) is 13.2 Å². The van der Waals surface area contributed by atoms with Crippen LogP contribution in [0.15, 0.2) is 53.9 Å². The van der Waals surface area contributed by atoms with Gasteiger partial charge in [-0.1, -0.05) is 30.3 Å². The summed E-state index contributed by atoms with van der Waals surface area (Å²) in [6.07, 6.45) is -1.49. The summed E-state index contributed by atoms with van der Waals surface area (Å²) in [5, 5.41) is 16.1. The molecule has 25 heavy (non-hydrogen) atoms. The minimum absolute atomic E-state index is 0.126. The number of rotatable bonds is 4. The standard InChI is InChI=1S/C19H17NO4S/c21-14(13-11-25-18-8-4-1-5-12(13)18)9-20-19(22)17-10-23-15-6-2-3-7-16(15)24-17/h1-8,11,14,17,21H,9-10H2,(H,20,22)/t14-,17+/m0/s1. The summed E-state index contributed by atoms with van der Waals surface area (Å²) >= 11 is 1.58. The zero-order chi connectivity index (χ0) is 17.2. The minimum Gasteiger partial charge on any atom is -0.485 e. The van der Waals surface area contributed by atoms with E-state index in [2.05, 4.69) is 5.32 Å². The van der Waals surface area contributed by atoms with E-state index in [1.54, 1.807) is 23.5 Å². The van der Waals surface area contributed by atoms with E-state index < -0.39 is 12.2 Å². The molecule has 1 aromatic heterocycles. The molecule has 6 heteroatoms. The second-order valence-corrected chi connectivity index (χ2v) is 6.72. The van der Waals surface area contributed by atoms with Gasteiger partial charge in [-0.3, -0.25) is 4.79 Å². The highest BCUT2D eigenvalue weighted by atomic mass is 32.1. The summed E-state index contributed by atoms with van der Waals surface area (Å²) in [4.78, 5) is 12.3. The number of carbonyl (C=O) groups is 1. The van der Waals surface area contributed by atoms with Crippen molar-refractivity contribution in [1.29, 1.82) is 0 Å². The number of aliphatic hydroxyl groups is 1. The van der Waals surface area contributed by atoms with Crippen molar-refractivity contribution in [3.63, 3.8) is 0 Å². The minimum atomic E-state index is -0.767. The largest absolute Gasteiger partial charge is 0.485 e. The lowest BCUT2D eigenvalue weighted by Crippen LogP contribution is -2.45. The first-order valence-corrected chi connectivity index (χ1v) is 8.91. The van der Waals surface area contributed by atoms with Crippen LogP contribution in [0.4, 0.5) is 0 Å². The number of benzene rings is 2. The quantitative estimate of drug-likeness (QED) is 0.755. The van der Waals surface area contributed by atoms with E-state index in [1.165, 1.54) is 0 Å². The van der Waals surface area contributed by atoms with Gasteiger partial charge in [-0.25, -0.2) is 0 Å². The number of thiophene rings is 1. The summed E-state index contributed by atoms with van der Waals surface area (Å²) in [5.74, 6) is 0.891. The Morgan fingerprint density at radius 2 is 1.96 bits per heavy atom. The van der Waals surface area contributed by atoms with E-state index in [0.717, 1.165) is 15.6 Å². The Labute approximate surface area is 148 Å². The molecule has 0 saturated carbocycles. The highest BCUT2D eigenvalue weighted by molar-refractivity contribution is 7.17. The average Bonchev–Trinajstić information content (AvgIpc) is 3.09. The van der Waals surface area contributed by atoms with Crippen LogP contribution >= 0.6 is 11.3 Å². The number of hydrogen-bond acceptors (Lipinski definition) is 5. The third kappa shape index (κ3) is 3.18. The molecule has 0 radical (unpaired) electrons. The topological polar surface area (TPSA) is 67.8 Å². The van der Waals surface area contributed by atoms with E-state index in [-0.39, 0.29) is 19.1 Å². The van der Waals surface area contributed by atoms with Crippen molar-refractivity contribution in [3.05, 3.63) is 59.5 Å². The van der Waals surface area contributed by atoms with E-state index >= 15 is 0 Å². The van der Waals surface area contributed by atoms with Crippen molar-refractivity contribution < 1.29 is 19.4 Å². The van der Waals surface area contributed by atoms with Gasteiger partial charge in [-0.2, -0.15) is 0 Å². The van der Waals surface area contributed by atoms with Gasteiger partial charge in [0, 0.05) is 16.8 Å². The predicted molar refractivity (Wildman–Crippen MR) is 96.1 cm³/mol. The van der Waals surface area contributed by atoms with Crippen LogP contribution in [0.3, 0.4) is 0 Å². The Morgan fingerprint density at radius 3 is 2.84 bits per heavy atom. The van der Waals surface area contributed by atoms with E-state index in [4.69, 9.17) is 9.47 Å². The maximum absolute atomic E-state index is 12.3. The monoisotopic (exact) mass is 355 g/mol. The zero-order valence-electron chi connectivity index (χ0n) is 13.3. The van der Waals surface area contributed by atoms with Crippen molar-refractivity contribution in [2.45, 2.75) is 12.2 Å². The fraction of sp³-hybridized carbons (Fsp3) is 0.211. The molecular formula is C19H17NO4S. The number of amides is 1. The molecule has 1 aliphatic rings. The van der Waals surface area contributed by atoms with Crippen molar-refractivity contribution in [2.24, 2.45) is 0 Å². The van der Waals surface area contributed by atoms with E-state index in [9.17, 15) is 9.90 Å². The molecule has 2 atom stereocenters. The summed E-state index contributed by atoms with van der Waals surface area (Å²) in [6.45, 7) is 0.279. The van der Waals surface area contributed by atoms with Gasteiger partial charge < -0.3 is 19.9 Å². The zero-order valence-corrected chi connectivity index (χ0v) is 14.2. The SMILES string of the molecule is O=C(NC[C@H](O)c1csc2ccccc12)[C@H]1COc2ccccc2O1. The fourth-order valence-corrected chi connectivity index (χ4v) is 3.83. The average molecular weight is 355 g/mol. The van der Waals surface area contributed by atoms with Gasteiger partial charge in [0.1, 0.15) is 6.61 Å². The molecule has 1 aliphatic heterocycles. The van der Waals surface area contributed by atoms with Gasteiger partial charge in [0.2, 0.25) is 6.10 Å². The molecule has 0 aliphatic carbocycles. The third-order valence-electron chi connectivity index (χ3n) is 4.14. The van der Waals surface area contributed by atoms with Gasteiger partial charge in [0.15, 0.2) is 11.5 Å². The lowest BCUT2D eigenvalue weighted by molar-refractivity contribution is -0.130. The Kier molecular flexibility index (Phi) is 4.29. The lowest BCUT2D eigenvalue weighted by Gasteiger charge is -2.25.